The Balaban J connectivity index is 1.92. The summed E-state index contributed by atoms with van der Waals surface area (Å²) in [6.07, 6.45) is -0.623. The van der Waals surface area contributed by atoms with E-state index in [0.717, 1.165) is 11.1 Å². The van der Waals surface area contributed by atoms with E-state index >= 15 is 0 Å². The highest BCUT2D eigenvalue weighted by molar-refractivity contribution is 6.06. The fraction of sp³-hybridized carbons (Fsp3) is 0.208. The molecular weight excluding hydrogens is 378 g/mol. The molecule has 0 fully saturated rings. The highest BCUT2D eigenvalue weighted by Gasteiger charge is 2.19. The Morgan fingerprint density at radius 1 is 0.867 bits per heavy atom. The molecule has 0 atom stereocenters. The van der Waals surface area contributed by atoms with Crippen LogP contribution in [0.1, 0.15) is 36.7 Å². The topological polar surface area (TPSA) is 80.3 Å². The maximum absolute atomic E-state index is 12.7. The van der Waals surface area contributed by atoms with Gasteiger partial charge in [0.05, 0.1) is 11.4 Å². The molecule has 6 heteroatoms. The van der Waals surface area contributed by atoms with Crippen LogP contribution in [-0.4, -0.2) is 22.6 Å². The molecule has 2 N–H and O–H groups in total. The molecule has 1 heterocycles. The van der Waals surface area contributed by atoms with Crippen molar-refractivity contribution < 1.29 is 14.3 Å². The van der Waals surface area contributed by atoms with Gasteiger partial charge in [0, 0.05) is 11.1 Å². The first-order valence-corrected chi connectivity index (χ1v) is 9.66. The van der Waals surface area contributed by atoms with E-state index in [-0.39, 0.29) is 11.7 Å². The summed E-state index contributed by atoms with van der Waals surface area (Å²) >= 11 is 0. The maximum Gasteiger partial charge on any atom is 0.412 e. The van der Waals surface area contributed by atoms with Crippen LogP contribution < -0.4 is 10.6 Å². The van der Waals surface area contributed by atoms with E-state index in [1.54, 1.807) is 45.0 Å². The Hall–Kier alpha value is -3.67. The van der Waals surface area contributed by atoms with Gasteiger partial charge in [0.15, 0.2) is 5.82 Å². The molecule has 0 aliphatic rings. The summed E-state index contributed by atoms with van der Waals surface area (Å²) in [6.45, 7) is 7.30. The van der Waals surface area contributed by atoms with Crippen molar-refractivity contribution in [3.8, 4) is 11.3 Å². The fourth-order valence-corrected chi connectivity index (χ4v) is 2.72. The molecule has 0 aliphatic heterocycles. The molecule has 30 heavy (non-hydrogen) atoms. The van der Waals surface area contributed by atoms with Crippen molar-refractivity contribution in [1.82, 2.24) is 4.98 Å². The lowest BCUT2D eigenvalue weighted by molar-refractivity contribution is 0.0635. The number of nitrogens with zero attached hydrogens (tertiary/aromatic N) is 1. The Morgan fingerprint density at radius 2 is 1.53 bits per heavy atom. The SMILES string of the molecule is Cc1ccc(C(=O)Nc2nc(-c3ccccc3)ccc2NC(=O)OC(C)(C)C)cc1. The van der Waals surface area contributed by atoms with Crippen molar-refractivity contribution in [3.05, 3.63) is 77.9 Å². The van der Waals surface area contributed by atoms with Crippen LogP contribution in [-0.2, 0) is 4.74 Å². The first kappa shape index (κ1) is 21.0. The molecule has 0 unspecified atom stereocenters. The van der Waals surface area contributed by atoms with Crippen LogP contribution in [0.25, 0.3) is 11.3 Å². The second kappa shape index (κ2) is 8.78. The average molecular weight is 403 g/mol. The van der Waals surface area contributed by atoms with E-state index < -0.39 is 11.7 Å². The number of aromatic nitrogens is 1. The lowest BCUT2D eigenvalue weighted by atomic mass is 10.1. The van der Waals surface area contributed by atoms with Gasteiger partial charge in [-0.25, -0.2) is 9.78 Å². The molecule has 0 aliphatic carbocycles. The van der Waals surface area contributed by atoms with E-state index in [4.69, 9.17) is 4.74 Å². The number of ether oxygens (including phenoxy) is 1. The third-order valence-electron chi connectivity index (χ3n) is 4.15. The lowest BCUT2D eigenvalue weighted by Crippen LogP contribution is -2.27. The Bertz CT molecular complexity index is 1040. The number of benzene rings is 2. The van der Waals surface area contributed by atoms with Crippen molar-refractivity contribution >= 4 is 23.5 Å². The number of carbonyl (C=O) groups excluding carboxylic acids is 2. The number of aryl methyl sites for hydroxylation is 1. The molecule has 0 saturated carbocycles. The van der Waals surface area contributed by atoms with Crippen molar-refractivity contribution in [2.75, 3.05) is 10.6 Å². The molecule has 6 nitrogen and oxygen atoms in total. The molecule has 1 aromatic heterocycles. The van der Waals surface area contributed by atoms with E-state index in [2.05, 4.69) is 15.6 Å². The zero-order valence-electron chi connectivity index (χ0n) is 17.5. The van der Waals surface area contributed by atoms with Gasteiger partial charge >= 0.3 is 6.09 Å². The quantitative estimate of drug-likeness (QED) is 0.589. The van der Waals surface area contributed by atoms with Gasteiger partial charge in [0.25, 0.3) is 5.91 Å². The number of rotatable bonds is 4. The van der Waals surface area contributed by atoms with Crippen LogP contribution in [0.5, 0.6) is 0 Å². The smallest absolute Gasteiger partial charge is 0.412 e. The van der Waals surface area contributed by atoms with Crippen molar-refractivity contribution in [3.63, 3.8) is 0 Å². The summed E-state index contributed by atoms with van der Waals surface area (Å²) < 4.78 is 5.32. The minimum absolute atomic E-state index is 0.243. The van der Waals surface area contributed by atoms with Gasteiger partial charge < -0.3 is 10.1 Å². The molecule has 0 spiro atoms. The number of hydrogen-bond donors (Lipinski definition) is 2. The van der Waals surface area contributed by atoms with Gasteiger partial charge in [-0.1, -0.05) is 48.0 Å². The number of amides is 2. The summed E-state index contributed by atoms with van der Waals surface area (Å²) in [4.78, 5) is 29.6. The molecule has 3 rings (SSSR count). The van der Waals surface area contributed by atoms with Gasteiger partial charge in [0.1, 0.15) is 5.60 Å². The summed E-state index contributed by atoms with van der Waals surface area (Å²) in [5.74, 6) is -0.0762. The van der Waals surface area contributed by atoms with Crippen molar-refractivity contribution in [1.29, 1.82) is 0 Å². The summed E-state index contributed by atoms with van der Waals surface area (Å²) in [5.41, 5.74) is 2.83. The van der Waals surface area contributed by atoms with Crippen LogP contribution in [0.2, 0.25) is 0 Å². The monoisotopic (exact) mass is 403 g/mol. The highest BCUT2D eigenvalue weighted by atomic mass is 16.6. The normalized spacial score (nSPS) is 10.9. The standard InChI is InChI=1S/C24H25N3O3/c1-16-10-12-18(13-11-16)22(28)27-21-20(26-23(29)30-24(2,3)4)15-14-19(25-21)17-8-6-5-7-9-17/h5-15H,1-4H3,(H,26,29)(H,25,27,28). The fourth-order valence-electron chi connectivity index (χ4n) is 2.72. The molecule has 0 bridgehead atoms. The molecular formula is C24H25N3O3. The van der Waals surface area contributed by atoms with E-state index in [0.29, 0.717) is 16.9 Å². The molecule has 3 aromatic rings. The van der Waals surface area contributed by atoms with Gasteiger partial charge in [-0.15, -0.1) is 0 Å². The number of anilines is 2. The molecule has 2 aromatic carbocycles. The summed E-state index contributed by atoms with van der Waals surface area (Å²) in [6, 6.07) is 20.3. The number of pyridine rings is 1. The van der Waals surface area contributed by atoms with E-state index in [1.165, 1.54) is 0 Å². The first-order valence-electron chi connectivity index (χ1n) is 9.66. The minimum Gasteiger partial charge on any atom is -0.444 e. The first-order chi connectivity index (χ1) is 14.2. The second-order valence-electron chi connectivity index (χ2n) is 7.91. The average Bonchev–Trinajstić information content (AvgIpc) is 2.69. The Morgan fingerprint density at radius 3 is 2.17 bits per heavy atom. The lowest BCUT2D eigenvalue weighted by Gasteiger charge is -2.20. The Kier molecular flexibility index (Phi) is 6.16. The Labute approximate surface area is 176 Å². The zero-order valence-corrected chi connectivity index (χ0v) is 17.5. The van der Waals surface area contributed by atoms with Crippen LogP contribution in [0, 0.1) is 6.92 Å². The predicted octanol–water partition coefficient (Wildman–Crippen LogP) is 5.66. The zero-order chi connectivity index (χ0) is 21.7. The highest BCUT2D eigenvalue weighted by Crippen LogP contribution is 2.26. The number of nitrogens with one attached hydrogen (secondary N) is 2. The van der Waals surface area contributed by atoms with Crippen LogP contribution in [0.4, 0.5) is 16.3 Å². The van der Waals surface area contributed by atoms with Crippen LogP contribution >= 0.6 is 0 Å². The van der Waals surface area contributed by atoms with Gasteiger partial charge in [0.2, 0.25) is 0 Å². The van der Waals surface area contributed by atoms with E-state index in [9.17, 15) is 9.59 Å². The maximum atomic E-state index is 12.7. The predicted molar refractivity (Wildman–Crippen MR) is 119 cm³/mol. The van der Waals surface area contributed by atoms with Crippen LogP contribution in [0.3, 0.4) is 0 Å². The third kappa shape index (κ3) is 5.67. The van der Waals surface area contributed by atoms with Crippen molar-refractivity contribution in [2.24, 2.45) is 0 Å². The molecule has 2 amide bonds. The van der Waals surface area contributed by atoms with Gasteiger partial charge in [-0.2, -0.15) is 0 Å². The summed E-state index contributed by atoms with van der Waals surface area (Å²) in [7, 11) is 0. The molecule has 154 valence electrons. The number of hydrogen-bond acceptors (Lipinski definition) is 4. The third-order valence-corrected chi connectivity index (χ3v) is 4.15. The number of carbonyl (C=O) groups is 2. The van der Waals surface area contributed by atoms with Crippen LogP contribution in [0.15, 0.2) is 66.7 Å². The van der Waals surface area contributed by atoms with Gasteiger partial charge in [-0.3, -0.25) is 10.1 Å². The summed E-state index contributed by atoms with van der Waals surface area (Å²) in [5, 5.41) is 5.48. The molecule has 0 radical (unpaired) electrons. The molecule has 0 saturated heterocycles. The minimum atomic E-state index is -0.646. The van der Waals surface area contributed by atoms with Gasteiger partial charge in [-0.05, 0) is 52.0 Å². The second-order valence-corrected chi connectivity index (χ2v) is 7.91. The van der Waals surface area contributed by atoms with E-state index in [1.807, 2.05) is 49.4 Å². The largest absolute Gasteiger partial charge is 0.444 e. The van der Waals surface area contributed by atoms with Crippen molar-refractivity contribution in [2.45, 2.75) is 33.3 Å².